The summed E-state index contributed by atoms with van der Waals surface area (Å²) in [7, 11) is 1.85. The number of nitrogens with zero attached hydrogens (tertiary/aromatic N) is 1. The predicted octanol–water partition coefficient (Wildman–Crippen LogP) is 3.81. The fourth-order valence-electron chi connectivity index (χ4n) is 2.17. The van der Waals surface area contributed by atoms with Crippen molar-refractivity contribution >= 4 is 22.0 Å². The Morgan fingerprint density at radius 2 is 1.82 bits per heavy atom. The smallest absolute Gasteiger partial charge is 0.410 e. The van der Waals surface area contributed by atoms with Crippen LogP contribution >= 0.6 is 15.9 Å². The van der Waals surface area contributed by atoms with Gasteiger partial charge in [-0.3, -0.25) is 0 Å². The van der Waals surface area contributed by atoms with E-state index in [0.29, 0.717) is 6.04 Å². The molecule has 0 aromatic carbocycles. The Morgan fingerprint density at radius 1 is 1.29 bits per heavy atom. The molecule has 0 unspecified atom stereocenters. The highest BCUT2D eigenvalue weighted by Crippen LogP contribution is 2.28. The van der Waals surface area contributed by atoms with Crippen LogP contribution in [0.4, 0.5) is 4.79 Å². The summed E-state index contributed by atoms with van der Waals surface area (Å²) in [5.41, 5.74) is -0.404. The molecule has 100 valence electrons. The third-order valence-electron chi connectivity index (χ3n) is 3.26. The molecule has 4 heteroatoms. The largest absolute Gasteiger partial charge is 0.444 e. The van der Waals surface area contributed by atoms with Gasteiger partial charge in [-0.1, -0.05) is 15.9 Å². The summed E-state index contributed by atoms with van der Waals surface area (Å²) in [4.78, 5) is 13.7. The van der Waals surface area contributed by atoms with E-state index in [4.69, 9.17) is 4.74 Å². The van der Waals surface area contributed by atoms with Gasteiger partial charge < -0.3 is 9.64 Å². The molecule has 0 saturated heterocycles. The number of carbonyl (C=O) groups excluding carboxylic acids is 1. The highest BCUT2D eigenvalue weighted by atomic mass is 79.9. The van der Waals surface area contributed by atoms with Gasteiger partial charge in [-0.15, -0.1) is 0 Å². The molecule has 0 N–H and O–H groups in total. The van der Waals surface area contributed by atoms with Crippen LogP contribution in [-0.4, -0.2) is 35.0 Å². The lowest BCUT2D eigenvalue weighted by molar-refractivity contribution is 0.0176. The molecule has 0 heterocycles. The van der Waals surface area contributed by atoms with Gasteiger partial charge in [0.2, 0.25) is 0 Å². The molecule has 0 aliphatic heterocycles. The second-order valence-corrected chi connectivity index (χ2v) is 6.57. The SMILES string of the molecule is CN(C(=O)OC(C)(C)C)C1CCC(CBr)CC1. The first kappa shape index (κ1) is 14.8. The van der Waals surface area contributed by atoms with Gasteiger partial charge in [0, 0.05) is 18.4 Å². The molecule has 0 spiro atoms. The number of rotatable bonds is 2. The topological polar surface area (TPSA) is 29.5 Å². The van der Waals surface area contributed by atoms with E-state index >= 15 is 0 Å². The summed E-state index contributed by atoms with van der Waals surface area (Å²) in [5, 5.41) is 1.08. The quantitative estimate of drug-likeness (QED) is 0.726. The Kier molecular flexibility index (Phi) is 5.29. The molecule has 3 nitrogen and oxygen atoms in total. The van der Waals surface area contributed by atoms with Crippen molar-refractivity contribution in [1.82, 2.24) is 4.90 Å². The van der Waals surface area contributed by atoms with Gasteiger partial charge in [0.1, 0.15) is 5.60 Å². The zero-order valence-electron chi connectivity index (χ0n) is 11.3. The van der Waals surface area contributed by atoms with Crippen LogP contribution in [0, 0.1) is 5.92 Å². The Balaban J connectivity index is 2.43. The molecule has 1 aliphatic carbocycles. The van der Waals surface area contributed by atoms with Gasteiger partial charge in [0.15, 0.2) is 0 Å². The van der Waals surface area contributed by atoms with Crippen molar-refractivity contribution in [3.63, 3.8) is 0 Å². The monoisotopic (exact) mass is 305 g/mol. The Bertz CT molecular complexity index is 255. The fourth-order valence-corrected chi connectivity index (χ4v) is 2.82. The van der Waals surface area contributed by atoms with Crippen LogP contribution in [0.2, 0.25) is 0 Å². The number of hydrogen-bond donors (Lipinski definition) is 0. The lowest BCUT2D eigenvalue weighted by atomic mass is 9.87. The van der Waals surface area contributed by atoms with Crippen molar-refractivity contribution in [1.29, 1.82) is 0 Å². The molecule has 1 saturated carbocycles. The summed E-state index contributed by atoms with van der Waals surface area (Å²) >= 11 is 3.53. The number of ether oxygens (including phenoxy) is 1. The van der Waals surface area contributed by atoms with Crippen molar-refractivity contribution < 1.29 is 9.53 Å². The molecule has 0 atom stereocenters. The van der Waals surface area contributed by atoms with E-state index in [9.17, 15) is 4.79 Å². The van der Waals surface area contributed by atoms with Crippen LogP contribution in [0.15, 0.2) is 0 Å². The molecule has 0 aromatic heterocycles. The van der Waals surface area contributed by atoms with E-state index in [0.717, 1.165) is 24.1 Å². The van der Waals surface area contributed by atoms with E-state index in [1.807, 2.05) is 27.8 Å². The van der Waals surface area contributed by atoms with Crippen molar-refractivity contribution in [2.45, 2.75) is 58.1 Å². The maximum atomic E-state index is 11.9. The number of amides is 1. The summed E-state index contributed by atoms with van der Waals surface area (Å²) in [6.07, 6.45) is 4.38. The molecular weight excluding hydrogens is 282 g/mol. The van der Waals surface area contributed by atoms with Crippen molar-refractivity contribution in [3.8, 4) is 0 Å². The first-order chi connectivity index (χ1) is 7.83. The standard InChI is InChI=1S/C13H24BrNO2/c1-13(2,3)17-12(16)15(4)11-7-5-10(9-14)6-8-11/h10-11H,5-9H2,1-4H3. The number of carbonyl (C=O) groups is 1. The average molecular weight is 306 g/mol. The minimum atomic E-state index is -0.404. The first-order valence-electron chi connectivity index (χ1n) is 6.35. The highest BCUT2D eigenvalue weighted by Gasteiger charge is 2.28. The third kappa shape index (κ3) is 4.86. The Hall–Kier alpha value is -0.250. The maximum absolute atomic E-state index is 11.9. The molecule has 0 aromatic rings. The molecule has 1 rings (SSSR count). The third-order valence-corrected chi connectivity index (χ3v) is 4.18. The van der Waals surface area contributed by atoms with E-state index in [1.54, 1.807) is 4.90 Å². The molecular formula is C13H24BrNO2. The van der Waals surface area contributed by atoms with Gasteiger partial charge in [-0.05, 0) is 52.4 Å². The normalized spacial score (nSPS) is 25.5. The summed E-state index contributed by atoms with van der Waals surface area (Å²) in [5.74, 6) is 0.776. The maximum Gasteiger partial charge on any atom is 0.410 e. The minimum Gasteiger partial charge on any atom is -0.444 e. The van der Waals surface area contributed by atoms with Gasteiger partial charge in [-0.2, -0.15) is 0 Å². The fraction of sp³-hybridized carbons (Fsp3) is 0.923. The van der Waals surface area contributed by atoms with Crippen molar-refractivity contribution in [3.05, 3.63) is 0 Å². The van der Waals surface area contributed by atoms with E-state index in [-0.39, 0.29) is 6.09 Å². The van der Waals surface area contributed by atoms with E-state index < -0.39 is 5.60 Å². The van der Waals surface area contributed by atoms with E-state index in [2.05, 4.69) is 15.9 Å². The Labute approximate surface area is 113 Å². The molecule has 0 bridgehead atoms. The summed E-state index contributed by atoms with van der Waals surface area (Å²) in [6.45, 7) is 5.71. The van der Waals surface area contributed by atoms with Gasteiger partial charge in [-0.25, -0.2) is 4.79 Å². The van der Waals surface area contributed by atoms with Crippen LogP contribution < -0.4 is 0 Å². The molecule has 1 amide bonds. The minimum absolute atomic E-state index is 0.195. The number of hydrogen-bond acceptors (Lipinski definition) is 2. The molecule has 1 aliphatic rings. The Morgan fingerprint density at radius 3 is 2.24 bits per heavy atom. The second kappa shape index (κ2) is 6.07. The number of alkyl halides is 1. The molecule has 17 heavy (non-hydrogen) atoms. The zero-order chi connectivity index (χ0) is 13.1. The average Bonchev–Trinajstić information content (AvgIpc) is 2.26. The van der Waals surface area contributed by atoms with Crippen LogP contribution in [0.5, 0.6) is 0 Å². The lowest BCUT2D eigenvalue weighted by Crippen LogP contribution is -2.42. The second-order valence-electron chi connectivity index (χ2n) is 5.92. The van der Waals surface area contributed by atoms with E-state index in [1.165, 1.54) is 12.8 Å². The van der Waals surface area contributed by atoms with Crippen molar-refractivity contribution in [2.24, 2.45) is 5.92 Å². The van der Waals surface area contributed by atoms with Crippen LogP contribution in [0.3, 0.4) is 0 Å². The van der Waals surface area contributed by atoms with Crippen LogP contribution in [-0.2, 0) is 4.74 Å². The van der Waals surface area contributed by atoms with Crippen LogP contribution in [0.1, 0.15) is 46.5 Å². The van der Waals surface area contributed by atoms with Gasteiger partial charge >= 0.3 is 6.09 Å². The number of halogens is 1. The van der Waals surface area contributed by atoms with Gasteiger partial charge in [0.25, 0.3) is 0 Å². The van der Waals surface area contributed by atoms with Crippen LogP contribution in [0.25, 0.3) is 0 Å². The summed E-state index contributed by atoms with van der Waals surface area (Å²) < 4.78 is 5.38. The predicted molar refractivity (Wildman–Crippen MR) is 73.5 cm³/mol. The first-order valence-corrected chi connectivity index (χ1v) is 7.47. The summed E-state index contributed by atoms with van der Waals surface area (Å²) in [6, 6.07) is 0.347. The highest BCUT2D eigenvalue weighted by molar-refractivity contribution is 9.09. The van der Waals surface area contributed by atoms with Crippen molar-refractivity contribution in [2.75, 3.05) is 12.4 Å². The lowest BCUT2D eigenvalue weighted by Gasteiger charge is -2.35. The molecule has 0 radical (unpaired) electrons. The zero-order valence-corrected chi connectivity index (χ0v) is 12.9. The van der Waals surface area contributed by atoms with Gasteiger partial charge in [0.05, 0.1) is 0 Å². The molecule has 1 fully saturated rings.